The minimum atomic E-state index is -0.505. The van der Waals surface area contributed by atoms with Crippen molar-refractivity contribution in [3.05, 3.63) is 29.6 Å². The van der Waals surface area contributed by atoms with Gasteiger partial charge < -0.3 is 15.2 Å². The van der Waals surface area contributed by atoms with E-state index in [1.54, 1.807) is 6.07 Å². The predicted molar refractivity (Wildman–Crippen MR) is 70.1 cm³/mol. The first-order valence-corrected chi connectivity index (χ1v) is 5.85. The van der Waals surface area contributed by atoms with Gasteiger partial charge in [0.2, 0.25) is 5.91 Å². The average molecular weight is 265 g/mol. The number of anilines is 1. The fourth-order valence-electron chi connectivity index (χ4n) is 1.33. The second-order valence-corrected chi connectivity index (χ2v) is 3.76. The molecule has 5 heteroatoms. The summed E-state index contributed by atoms with van der Waals surface area (Å²) in [5, 5.41) is 11.1. The van der Waals surface area contributed by atoms with Crippen molar-refractivity contribution in [1.29, 1.82) is 0 Å². The third-order valence-electron chi connectivity index (χ3n) is 2.25. The summed E-state index contributed by atoms with van der Waals surface area (Å²) in [6.07, 6.45) is 0.519. The number of amides is 1. The number of ether oxygens (including phenoxy) is 1. The second kappa shape index (κ2) is 8.25. The average Bonchev–Trinajstić information content (AvgIpc) is 2.39. The summed E-state index contributed by atoms with van der Waals surface area (Å²) in [6.45, 7) is 0.265. The quantitative estimate of drug-likeness (QED) is 0.794. The van der Waals surface area contributed by atoms with E-state index >= 15 is 0 Å². The summed E-state index contributed by atoms with van der Waals surface area (Å²) in [5.41, 5.74) is 0.620. The molecule has 0 aliphatic carbocycles. The number of carbonyl (C=O) groups excluding carboxylic acids is 1. The zero-order valence-electron chi connectivity index (χ0n) is 10.7. The van der Waals surface area contributed by atoms with E-state index in [-0.39, 0.29) is 24.5 Å². The fraction of sp³-hybridized carbons (Fsp3) is 0.357. The lowest BCUT2D eigenvalue weighted by Crippen LogP contribution is -2.13. The van der Waals surface area contributed by atoms with Crippen molar-refractivity contribution in [3.8, 4) is 11.8 Å². The number of nitrogens with one attached hydrogen (secondary N) is 1. The Morgan fingerprint density at radius 3 is 2.95 bits per heavy atom. The third-order valence-corrected chi connectivity index (χ3v) is 2.25. The van der Waals surface area contributed by atoms with Gasteiger partial charge in [-0.15, -0.1) is 0 Å². The first-order valence-electron chi connectivity index (χ1n) is 5.85. The van der Waals surface area contributed by atoms with Crippen molar-refractivity contribution >= 4 is 11.6 Å². The molecule has 0 aromatic heterocycles. The van der Waals surface area contributed by atoms with Gasteiger partial charge in [0.25, 0.3) is 0 Å². The van der Waals surface area contributed by atoms with Crippen LogP contribution < -0.4 is 5.32 Å². The molecule has 0 heterocycles. The first-order chi connectivity index (χ1) is 9.17. The highest BCUT2D eigenvalue weighted by Gasteiger charge is 2.05. The maximum Gasteiger partial charge on any atom is 0.226 e. The third kappa shape index (κ3) is 5.51. The molecular weight excluding hydrogens is 249 g/mol. The molecule has 0 bridgehead atoms. The van der Waals surface area contributed by atoms with E-state index in [0.717, 1.165) is 0 Å². The van der Waals surface area contributed by atoms with Gasteiger partial charge in [-0.3, -0.25) is 4.79 Å². The van der Waals surface area contributed by atoms with Gasteiger partial charge in [-0.1, -0.05) is 11.8 Å². The highest BCUT2D eigenvalue weighted by Crippen LogP contribution is 2.14. The molecule has 2 N–H and O–H groups in total. The summed E-state index contributed by atoms with van der Waals surface area (Å²) >= 11 is 0. The van der Waals surface area contributed by atoms with Crippen LogP contribution in [0.1, 0.15) is 18.4 Å². The maximum atomic E-state index is 13.6. The molecule has 1 aromatic carbocycles. The van der Waals surface area contributed by atoms with Crippen LogP contribution in [-0.2, 0) is 9.53 Å². The molecule has 0 aliphatic heterocycles. The number of carbonyl (C=O) groups is 1. The summed E-state index contributed by atoms with van der Waals surface area (Å²) < 4.78 is 18.4. The molecule has 19 heavy (non-hydrogen) atoms. The van der Waals surface area contributed by atoms with Gasteiger partial charge in [-0.2, -0.15) is 0 Å². The van der Waals surface area contributed by atoms with E-state index in [9.17, 15) is 9.18 Å². The van der Waals surface area contributed by atoms with Crippen molar-refractivity contribution in [1.82, 2.24) is 0 Å². The number of aliphatic hydroxyl groups excluding tert-OH is 1. The first kappa shape index (κ1) is 15.2. The molecule has 4 nitrogen and oxygen atoms in total. The predicted octanol–water partition coefficient (Wildman–Crippen LogP) is 1.53. The lowest BCUT2D eigenvalue weighted by Gasteiger charge is -2.05. The lowest BCUT2D eigenvalue weighted by molar-refractivity contribution is -0.117. The van der Waals surface area contributed by atoms with Crippen LogP contribution in [0.5, 0.6) is 0 Å². The second-order valence-electron chi connectivity index (χ2n) is 3.76. The van der Waals surface area contributed by atoms with Crippen molar-refractivity contribution in [2.45, 2.75) is 12.8 Å². The van der Waals surface area contributed by atoms with Crippen molar-refractivity contribution in [2.75, 3.05) is 25.6 Å². The Morgan fingerprint density at radius 1 is 1.53 bits per heavy atom. The summed E-state index contributed by atoms with van der Waals surface area (Å²) in [5.74, 6) is 4.51. The van der Waals surface area contributed by atoms with Gasteiger partial charge in [0.05, 0.1) is 25.2 Å². The Morgan fingerprint density at radius 2 is 2.32 bits per heavy atom. The van der Waals surface area contributed by atoms with Crippen LogP contribution >= 0.6 is 0 Å². The van der Waals surface area contributed by atoms with Crippen LogP contribution in [0.4, 0.5) is 10.1 Å². The van der Waals surface area contributed by atoms with Crippen LogP contribution in [0.25, 0.3) is 0 Å². The van der Waals surface area contributed by atoms with Crippen LogP contribution in [0, 0.1) is 17.7 Å². The number of hydrogen-bond donors (Lipinski definition) is 2. The molecule has 0 unspecified atom stereocenters. The number of halogens is 1. The SMILES string of the molecule is COCCC(=O)Nc1ccc(C#CCCO)c(F)c1. The van der Waals surface area contributed by atoms with E-state index in [1.807, 2.05) is 0 Å². The smallest absolute Gasteiger partial charge is 0.226 e. The zero-order valence-corrected chi connectivity index (χ0v) is 10.7. The fourth-order valence-corrected chi connectivity index (χ4v) is 1.33. The van der Waals surface area contributed by atoms with Gasteiger partial charge in [0.1, 0.15) is 5.82 Å². The molecule has 1 amide bonds. The molecule has 0 atom stereocenters. The number of hydrogen-bond acceptors (Lipinski definition) is 3. The van der Waals surface area contributed by atoms with Crippen LogP contribution in [0.15, 0.2) is 18.2 Å². The van der Waals surface area contributed by atoms with Crippen LogP contribution in [0.3, 0.4) is 0 Å². The van der Waals surface area contributed by atoms with Crippen molar-refractivity contribution in [3.63, 3.8) is 0 Å². The summed E-state index contributed by atoms with van der Waals surface area (Å²) in [6, 6.07) is 4.29. The highest BCUT2D eigenvalue weighted by molar-refractivity contribution is 5.90. The molecule has 1 aromatic rings. The van der Waals surface area contributed by atoms with Crippen LogP contribution in [-0.4, -0.2) is 31.3 Å². The Balaban J connectivity index is 2.67. The highest BCUT2D eigenvalue weighted by atomic mass is 19.1. The number of aliphatic hydroxyl groups is 1. The van der Waals surface area contributed by atoms with Gasteiger partial charge in [0.15, 0.2) is 0 Å². The molecule has 102 valence electrons. The summed E-state index contributed by atoms with van der Waals surface area (Å²) in [7, 11) is 1.51. The van der Waals surface area contributed by atoms with Gasteiger partial charge in [-0.25, -0.2) is 4.39 Å². The molecular formula is C14H16FNO3. The standard InChI is InChI=1S/C14H16FNO3/c1-19-9-7-14(18)16-12-6-5-11(13(15)10-12)4-2-3-8-17/h5-6,10,17H,3,7-9H2,1H3,(H,16,18). The zero-order chi connectivity index (χ0) is 14.1. The van der Waals surface area contributed by atoms with Gasteiger partial charge in [0, 0.05) is 19.2 Å². The van der Waals surface area contributed by atoms with Gasteiger partial charge in [-0.05, 0) is 18.2 Å². The van der Waals surface area contributed by atoms with E-state index in [0.29, 0.717) is 18.7 Å². The van der Waals surface area contributed by atoms with E-state index in [2.05, 4.69) is 17.2 Å². The molecule has 0 radical (unpaired) electrons. The molecule has 1 rings (SSSR count). The summed E-state index contributed by atoms with van der Waals surface area (Å²) in [4.78, 5) is 11.4. The van der Waals surface area contributed by atoms with Crippen LogP contribution in [0.2, 0.25) is 0 Å². The molecule has 0 saturated carbocycles. The molecule has 0 fully saturated rings. The largest absolute Gasteiger partial charge is 0.395 e. The number of rotatable bonds is 5. The van der Waals surface area contributed by atoms with Gasteiger partial charge >= 0.3 is 0 Å². The Bertz CT molecular complexity index is 491. The molecule has 0 aliphatic rings. The molecule has 0 spiro atoms. The molecule has 0 saturated heterocycles. The van der Waals surface area contributed by atoms with Crippen molar-refractivity contribution < 1.29 is 19.0 Å². The maximum absolute atomic E-state index is 13.6. The number of methoxy groups -OCH3 is 1. The number of benzene rings is 1. The minimum absolute atomic E-state index is 0.0533. The Labute approximate surface area is 111 Å². The topological polar surface area (TPSA) is 58.6 Å². The van der Waals surface area contributed by atoms with Crippen molar-refractivity contribution in [2.24, 2.45) is 0 Å². The Kier molecular flexibility index (Phi) is 6.58. The monoisotopic (exact) mass is 265 g/mol. The van der Waals surface area contributed by atoms with E-state index in [4.69, 9.17) is 9.84 Å². The Hall–Kier alpha value is -1.90. The van der Waals surface area contributed by atoms with E-state index in [1.165, 1.54) is 19.2 Å². The lowest BCUT2D eigenvalue weighted by atomic mass is 10.2. The normalized spacial score (nSPS) is 9.63. The van der Waals surface area contributed by atoms with E-state index < -0.39 is 5.82 Å². The minimum Gasteiger partial charge on any atom is -0.395 e.